The standard InChI is InChI=1S/C9H14N2O3S2/c1-4-11-9-8(16(3,13)14)6(10)7(15-9)5(2)12/h11H,4,10H2,1-3H3. The van der Waals surface area contributed by atoms with E-state index in [-0.39, 0.29) is 21.2 Å². The first-order valence-electron chi connectivity index (χ1n) is 4.66. The number of thiophene rings is 1. The summed E-state index contributed by atoms with van der Waals surface area (Å²) in [5.41, 5.74) is 5.74. The summed E-state index contributed by atoms with van der Waals surface area (Å²) in [5, 5.41) is 3.34. The first-order chi connectivity index (χ1) is 7.29. The van der Waals surface area contributed by atoms with Gasteiger partial charge >= 0.3 is 0 Å². The van der Waals surface area contributed by atoms with Crippen molar-refractivity contribution < 1.29 is 13.2 Å². The van der Waals surface area contributed by atoms with Crippen LogP contribution in [0.1, 0.15) is 23.5 Å². The number of ketones is 1. The number of sulfone groups is 1. The number of Topliss-reactive ketones (excluding diaryl/α,β-unsaturated/α-hetero) is 1. The van der Waals surface area contributed by atoms with Crippen LogP contribution in [0.25, 0.3) is 0 Å². The Kier molecular flexibility index (Phi) is 3.59. The number of hydrogen-bond acceptors (Lipinski definition) is 6. The molecule has 1 aromatic rings. The zero-order chi connectivity index (χ0) is 12.5. The molecular weight excluding hydrogens is 248 g/mol. The van der Waals surface area contributed by atoms with Crippen LogP contribution in [0.2, 0.25) is 0 Å². The Labute approximate surface area is 98.6 Å². The molecule has 0 aliphatic heterocycles. The highest BCUT2D eigenvalue weighted by Crippen LogP contribution is 2.39. The summed E-state index contributed by atoms with van der Waals surface area (Å²) in [6, 6.07) is 0. The van der Waals surface area contributed by atoms with E-state index in [0.717, 1.165) is 17.6 Å². The molecule has 0 saturated heterocycles. The van der Waals surface area contributed by atoms with Gasteiger partial charge in [-0.1, -0.05) is 0 Å². The summed E-state index contributed by atoms with van der Waals surface area (Å²) in [6.07, 6.45) is 1.08. The molecule has 0 aliphatic rings. The van der Waals surface area contributed by atoms with E-state index in [2.05, 4.69) is 5.32 Å². The molecule has 0 bridgehead atoms. The molecular formula is C9H14N2O3S2. The van der Waals surface area contributed by atoms with E-state index in [9.17, 15) is 13.2 Å². The molecule has 3 N–H and O–H groups in total. The minimum absolute atomic E-state index is 0.0320. The third kappa shape index (κ3) is 2.35. The van der Waals surface area contributed by atoms with Crippen molar-refractivity contribution in [3.05, 3.63) is 4.88 Å². The Hall–Kier alpha value is -1.08. The Morgan fingerprint density at radius 3 is 2.44 bits per heavy atom. The molecule has 90 valence electrons. The fraction of sp³-hybridized carbons (Fsp3) is 0.444. The van der Waals surface area contributed by atoms with Gasteiger partial charge < -0.3 is 11.1 Å². The second-order valence-corrected chi connectivity index (χ2v) is 6.33. The van der Waals surface area contributed by atoms with Crippen molar-refractivity contribution in [2.45, 2.75) is 18.7 Å². The van der Waals surface area contributed by atoms with E-state index >= 15 is 0 Å². The van der Waals surface area contributed by atoms with Crippen LogP contribution in [0, 0.1) is 0 Å². The van der Waals surface area contributed by atoms with Gasteiger partial charge in [0.1, 0.15) is 9.90 Å². The maximum absolute atomic E-state index is 11.6. The number of hydrogen-bond donors (Lipinski definition) is 2. The molecule has 0 saturated carbocycles. The third-order valence-electron chi connectivity index (χ3n) is 1.93. The summed E-state index contributed by atoms with van der Waals surface area (Å²) < 4.78 is 23.1. The summed E-state index contributed by atoms with van der Waals surface area (Å²) in [6.45, 7) is 3.78. The van der Waals surface area contributed by atoms with E-state index in [1.54, 1.807) is 0 Å². The van der Waals surface area contributed by atoms with Gasteiger partial charge in [-0.25, -0.2) is 8.42 Å². The maximum atomic E-state index is 11.6. The largest absolute Gasteiger partial charge is 0.396 e. The van der Waals surface area contributed by atoms with Crippen molar-refractivity contribution in [2.24, 2.45) is 0 Å². The summed E-state index contributed by atoms with van der Waals surface area (Å²) in [4.78, 5) is 11.6. The van der Waals surface area contributed by atoms with Crippen LogP contribution in [0.3, 0.4) is 0 Å². The van der Waals surface area contributed by atoms with Crippen LogP contribution >= 0.6 is 11.3 Å². The number of carbonyl (C=O) groups excluding carboxylic acids is 1. The highest BCUT2D eigenvalue weighted by Gasteiger charge is 2.25. The van der Waals surface area contributed by atoms with Gasteiger partial charge in [-0.05, 0) is 6.92 Å². The highest BCUT2D eigenvalue weighted by molar-refractivity contribution is 7.91. The number of rotatable bonds is 4. The van der Waals surface area contributed by atoms with Gasteiger partial charge in [-0.2, -0.15) is 0 Å². The molecule has 16 heavy (non-hydrogen) atoms. The normalized spacial score (nSPS) is 11.4. The number of nitrogens with two attached hydrogens (primary N) is 1. The van der Waals surface area contributed by atoms with Crippen molar-refractivity contribution >= 4 is 37.6 Å². The SMILES string of the molecule is CCNc1sc(C(C)=O)c(N)c1S(C)(=O)=O. The lowest BCUT2D eigenvalue weighted by Crippen LogP contribution is -2.05. The van der Waals surface area contributed by atoms with Gasteiger partial charge in [-0.15, -0.1) is 11.3 Å². The van der Waals surface area contributed by atoms with Crippen LogP contribution in [-0.2, 0) is 9.84 Å². The Bertz CT molecular complexity index is 517. The third-order valence-corrected chi connectivity index (χ3v) is 4.49. The van der Waals surface area contributed by atoms with Crippen molar-refractivity contribution in [3.8, 4) is 0 Å². The lowest BCUT2D eigenvalue weighted by atomic mass is 10.3. The average Bonchev–Trinajstić information content (AvgIpc) is 2.42. The number of carbonyl (C=O) groups is 1. The van der Waals surface area contributed by atoms with Crippen LogP contribution in [-0.4, -0.2) is 27.0 Å². The fourth-order valence-electron chi connectivity index (χ4n) is 1.34. The second-order valence-electron chi connectivity index (χ2n) is 3.36. The molecule has 0 aliphatic carbocycles. The monoisotopic (exact) mass is 262 g/mol. The zero-order valence-electron chi connectivity index (χ0n) is 9.33. The molecule has 0 unspecified atom stereocenters. The van der Waals surface area contributed by atoms with E-state index in [1.165, 1.54) is 6.92 Å². The van der Waals surface area contributed by atoms with Gasteiger partial charge in [0.25, 0.3) is 0 Å². The first-order valence-corrected chi connectivity index (χ1v) is 7.37. The van der Waals surface area contributed by atoms with Crippen LogP contribution in [0.4, 0.5) is 10.7 Å². The van der Waals surface area contributed by atoms with Crippen molar-refractivity contribution in [2.75, 3.05) is 23.9 Å². The van der Waals surface area contributed by atoms with E-state index in [1.807, 2.05) is 6.92 Å². The number of nitrogens with one attached hydrogen (secondary N) is 1. The van der Waals surface area contributed by atoms with Crippen molar-refractivity contribution in [1.82, 2.24) is 0 Å². The Balaban J connectivity index is 3.50. The van der Waals surface area contributed by atoms with E-state index in [0.29, 0.717) is 11.5 Å². The molecule has 5 nitrogen and oxygen atoms in total. The molecule has 1 aromatic heterocycles. The minimum atomic E-state index is -3.43. The molecule has 0 aromatic carbocycles. The molecule has 7 heteroatoms. The topological polar surface area (TPSA) is 89.3 Å². The molecule has 0 amide bonds. The van der Waals surface area contributed by atoms with Gasteiger partial charge in [0.15, 0.2) is 15.6 Å². The highest BCUT2D eigenvalue weighted by atomic mass is 32.2. The predicted octanol–water partition coefficient (Wildman–Crippen LogP) is 1.37. The van der Waals surface area contributed by atoms with Crippen LogP contribution < -0.4 is 11.1 Å². The van der Waals surface area contributed by atoms with E-state index in [4.69, 9.17) is 5.73 Å². The lowest BCUT2D eigenvalue weighted by molar-refractivity contribution is 0.102. The van der Waals surface area contributed by atoms with E-state index < -0.39 is 9.84 Å². The molecule has 0 radical (unpaired) electrons. The van der Waals surface area contributed by atoms with Crippen molar-refractivity contribution in [3.63, 3.8) is 0 Å². The molecule has 1 heterocycles. The quantitative estimate of drug-likeness (QED) is 0.800. The number of anilines is 2. The molecule has 0 spiro atoms. The van der Waals surface area contributed by atoms with Gasteiger partial charge in [0.2, 0.25) is 0 Å². The first kappa shape index (κ1) is 13.0. The summed E-state index contributed by atoms with van der Waals surface area (Å²) >= 11 is 1.08. The molecule has 0 atom stereocenters. The summed E-state index contributed by atoms with van der Waals surface area (Å²) in [7, 11) is -3.43. The van der Waals surface area contributed by atoms with Crippen LogP contribution in [0.15, 0.2) is 4.90 Å². The van der Waals surface area contributed by atoms with Gasteiger partial charge in [-0.3, -0.25) is 4.79 Å². The zero-order valence-corrected chi connectivity index (χ0v) is 11.0. The maximum Gasteiger partial charge on any atom is 0.180 e. The van der Waals surface area contributed by atoms with Gasteiger partial charge in [0.05, 0.1) is 10.6 Å². The molecule has 1 rings (SSSR count). The predicted molar refractivity (Wildman–Crippen MR) is 66.0 cm³/mol. The average molecular weight is 262 g/mol. The summed E-state index contributed by atoms with van der Waals surface area (Å²) in [5.74, 6) is -0.225. The van der Waals surface area contributed by atoms with Crippen molar-refractivity contribution in [1.29, 1.82) is 0 Å². The smallest absolute Gasteiger partial charge is 0.180 e. The van der Waals surface area contributed by atoms with Crippen LogP contribution in [0.5, 0.6) is 0 Å². The Morgan fingerprint density at radius 1 is 1.50 bits per heavy atom. The lowest BCUT2D eigenvalue weighted by Gasteiger charge is -2.03. The number of nitrogen functional groups attached to an aromatic ring is 1. The Morgan fingerprint density at radius 2 is 2.06 bits per heavy atom. The van der Waals surface area contributed by atoms with Gasteiger partial charge in [0, 0.05) is 19.7 Å². The minimum Gasteiger partial charge on any atom is -0.396 e. The fourth-order valence-corrected chi connectivity index (χ4v) is 3.87. The molecule has 0 fully saturated rings. The second kappa shape index (κ2) is 4.42.